The second-order valence-electron chi connectivity index (χ2n) is 4.54. The zero-order valence-corrected chi connectivity index (χ0v) is 14.5. The van der Waals surface area contributed by atoms with Crippen LogP contribution in [-0.4, -0.2) is 17.5 Å². The van der Waals surface area contributed by atoms with E-state index in [-0.39, 0.29) is 24.0 Å². The van der Waals surface area contributed by atoms with Crippen molar-refractivity contribution in [2.24, 2.45) is 10.7 Å². The number of benzene rings is 1. The third-order valence-corrected chi connectivity index (χ3v) is 2.88. The molecule has 0 amide bonds. The molecule has 2 aromatic rings. The molecule has 0 fully saturated rings. The molecular formula is C16H21IN4. The van der Waals surface area contributed by atoms with Crippen molar-refractivity contribution in [3.63, 3.8) is 0 Å². The maximum absolute atomic E-state index is 5.78. The lowest BCUT2D eigenvalue weighted by atomic mass is 10.1. The fourth-order valence-corrected chi connectivity index (χ4v) is 1.85. The summed E-state index contributed by atoms with van der Waals surface area (Å²) >= 11 is 0. The van der Waals surface area contributed by atoms with Crippen LogP contribution in [0.15, 0.2) is 53.7 Å². The van der Waals surface area contributed by atoms with Gasteiger partial charge in [-0.2, -0.15) is 0 Å². The van der Waals surface area contributed by atoms with Crippen LogP contribution in [0.1, 0.15) is 18.9 Å². The highest BCUT2D eigenvalue weighted by atomic mass is 127. The molecule has 1 aromatic heterocycles. The molecule has 0 aliphatic heterocycles. The van der Waals surface area contributed by atoms with E-state index in [2.05, 4.69) is 28.3 Å². The van der Waals surface area contributed by atoms with Crippen molar-refractivity contribution in [3.8, 4) is 11.3 Å². The highest BCUT2D eigenvalue weighted by Gasteiger charge is 2.00. The molecule has 21 heavy (non-hydrogen) atoms. The van der Waals surface area contributed by atoms with Gasteiger partial charge in [-0.1, -0.05) is 31.2 Å². The number of nitrogens with one attached hydrogen (secondary N) is 1. The van der Waals surface area contributed by atoms with Crippen molar-refractivity contribution >= 4 is 29.9 Å². The average Bonchev–Trinajstić information content (AvgIpc) is 2.52. The van der Waals surface area contributed by atoms with Gasteiger partial charge in [0.05, 0.1) is 12.2 Å². The van der Waals surface area contributed by atoms with E-state index >= 15 is 0 Å². The van der Waals surface area contributed by atoms with Crippen molar-refractivity contribution in [1.82, 2.24) is 10.3 Å². The van der Waals surface area contributed by atoms with E-state index in [0.29, 0.717) is 12.5 Å². The fraction of sp³-hybridized carbons (Fsp3) is 0.250. The Morgan fingerprint density at radius 1 is 1.24 bits per heavy atom. The molecule has 0 aliphatic carbocycles. The van der Waals surface area contributed by atoms with E-state index in [1.807, 2.05) is 36.4 Å². The first kappa shape index (κ1) is 17.4. The molecule has 0 bridgehead atoms. The third kappa shape index (κ3) is 5.71. The number of guanidine groups is 1. The minimum Gasteiger partial charge on any atom is -0.370 e. The zero-order chi connectivity index (χ0) is 14.2. The summed E-state index contributed by atoms with van der Waals surface area (Å²) in [4.78, 5) is 8.68. The second kappa shape index (κ2) is 9.33. The summed E-state index contributed by atoms with van der Waals surface area (Å²) in [6, 6.07) is 14.1. The first-order valence-electron chi connectivity index (χ1n) is 6.83. The Kier molecular flexibility index (Phi) is 7.74. The minimum absolute atomic E-state index is 0. The molecule has 3 N–H and O–H groups in total. The van der Waals surface area contributed by atoms with Crippen LogP contribution in [0.3, 0.4) is 0 Å². The van der Waals surface area contributed by atoms with Crippen LogP contribution < -0.4 is 11.1 Å². The predicted octanol–water partition coefficient (Wildman–Crippen LogP) is 3.18. The van der Waals surface area contributed by atoms with Crippen molar-refractivity contribution in [2.75, 3.05) is 6.54 Å². The van der Waals surface area contributed by atoms with Crippen LogP contribution in [0.5, 0.6) is 0 Å². The molecule has 112 valence electrons. The minimum atomic E-state index is 0. The smallest absolute Gasteiger partial charge is 0.188 e. The third-order valence-electron chi connectivity index (χ3n) is 2.88. The Morgan fingerprint density at radius 3 is 2.81 bits per heavy atom. The number of rotatable bonds is 5. The Balaban J connectivity index is 0.00000220. The van der Waals surface area contributed by atoms with Crippen LogP contribution in [0.25, 0.3) is 11.3 Å². The Hall–Kier alpha value is -1.63. The van der Waals surface area contributed by atoms with Gasteiger partial charge in [-0.05, 0) is 30.2 Å². The summed E-state index contributed by atoms with van der Waals surface area (Å²) in [6.45, 7) is 3.52. The van der Waals surface area contributed by atoms with Gasteiger partial charge in [0, 0.05) is 18.3 Å². The lowest BCUT2D eigenvalue weighted by Crippen LogP contribution is -2.32. The normalized spacial score (nSPS) is 10.8. The van der Waals surface area contributed by atoms with Gasteiger partial charge in [0.15, 0.2) is 5.96 Å². The van der Waals surface area contributed by atoms with E-state index in [1.165, 1.54) is 0 Å². The van der Waals surface area contributed by atoms with Crippen molar-refractivity contribution in [3.05, 3.63) is 54.2 Å². The Bertz CT molecular complexity index is 569. The summed E-state index contributed by atoms with van der Waals surface area (Å²) in [5.41, 5.74) is 8.97. The molecule has 0 aliphatic rings. The molecule has 1 aromatic carbocycles. The monoisotopic (exact) mass is 396 g/mol. The molecule has 2 rings (SSSR count). The number of nitrogens with zero attached hydrogens (tertiary/aromatic N) is 2. The van der Waals surface area contributed by atoms with Gasteiger partial charge in [0.25, 0.3) is 0 Å². The summed E-state index contributed by atoms with van der Waals surface area (Å²) in [5.74, 6) is 0.495. The van der Waals surface area contributed by atoms with Gasteiger partial charge in [0.2, 0.25) is 0 Å². The van der Waals surface area contributed by atoms with Crippen molar-refractivity contribution in [1.29, 1.82) is 0 Å². The lowest BCUT2D eigenvalue weighted by molar-refractivity contribution is 0.825. The number of hydrogen-bond acceptors (Lipinski definition) is 2. The van der Waals surface area contributed by atoms with Crippen LogP contribution in [0.4, 0.5) is 0 Å². The largest absolute Gasteiger partial charge is 0.370 e. The number of aliphatic imine (C=N–C) groups is 1. The van der Waals surface area contributed by atoms with E-state index in [0.717, 1.165) is 29.8 Å². The summed E-state index contributed by atoms with van der Waals surface area (Å²) < 4.78 is 0. The van der Waals surface area contributed by atoms with E-state index in [1.54, 1.807) is 6.20 Å². The van der Waals surface area contributed by atoms with Gasteiger partial charge in [0.1, 0.15) is 0 Å². The fourth-order valence-electron chi connectivity index (χ4n) is 1.85. The Morgan fingerprint density at radius 2 is 2.10 bits per heavy atom. The molecule has 5 heteroatoms. The quantitative estimate of drug-likeness (QED) is 0.464. The van der Waals surface area contributed by atoms with Crippen molar-refractivity contribution < 1.29 is 0 Å². The van der Waals surface area contributed by atoms with Crippen LogP contribution in [-0.2, 0) is 6.54 Å². The van der Waals surface area contributed by atoms with Gasteiger partial charge >= 0.3 is 0 Å². The van der Waals surface area contributed by atoms with E-state index in [9.17, 15) is 0 Å². The average molecular weight is 396 g/mol. The lowest BCUT2D eigenvalue weighted by Gasteiger charge is -2.05. The maximum atomic E-state index is 5.78. The van der Waals surface area contributed by atoms with Gasteiger partial charge in [-0.3, -0.25) is 4.98 Å². The van der Waals surface area contributed by atoms with Crippen molar-refractivity contribution in [2.45, 2.75) is 19.9 Å². The number of aromatic nitrogens is 1. The summed E-state index contributed by atoms with van der Waals surface area (Å²) in [6.07, 6.45) is 2.83. The van der Waals surface area contributed by atoms with E-state index < -0.39 is 0 Å². The second-order valence-corrected chi connectivity index (χ2v) is 4.54. The highest BCUT2D eigenvalue weighted by molar-refractivity contribution is 14.0. The van der Waals surface area contributed by atoms with Gasteiger partial charge in [-0.15, -0.1) is 24.0 Å². The first-order chi connectivity index (χ1) is 9.79. The number of hydrogen-bond donors (Lipinski definition) is 2. The maximum Gasteiger partial charge on any atom is 0.188 e. The molecule has 0 spiro atoms. The topological polar surface area (TPSA) is 63.3 Å². The number of pyridine rings is 1. The van der Waals surface area contributed by atoms with Crippen LogP contribution in [0, 0.1) is 0 Å². The SMILES string of the molecule is CCCNC(N)=NCc1cccc(-c2ccccn2)c1.I. The number of halogens is 1. The van der Waals surface area contributed by atoms with Crippen LogP contribution in [0.2, 0.25) is 0 Å². The summed E-state index contributed by atoms with van der Waals surface area (Å²) in [7, 11) is 0. The highest BCUT2D eigenvalue weighted by Crippen LogP contribution is 2.17. The Labute approximate surface area is 142 Å². The first-order valence-corrected chi connectivity index (χ1v) is 6.83. The molecule has 0 unspecified atom stereocenters. The zero-order valence-electron chi connectivity index (χ0n) is 12.1. The molecule has 0 saturated heterocycles. The molecule has 0 radical (unpaired) electrons. The summed E-state index contributed by atoms with van der Waals surface area (Å²) in [5, 5.41) is 3.06. The van der Waals surface area contributed by atoms with Gasteiger partial charge < -0.3 is 11.1 Å². The molecule has 1 heterocycles. The molecule has 4 nitrogen and oxygen atoms in total. The standard InChI is InChI=1S/C16H20N4.HI/c1-2-9-19-16(17)20-12-13-6-5-7-14(11-13)15-8-3-4-10-18-15;/h3-8,10-11H,2,9,12H2,1H3,(H3,17,19,20);1H. The molecule has 0 atom stereocenters. The number of nitrogens with two attached hydrogens (primary N) is 1. The van der Waals surface area contributed by atoms with Gasteiger partial charge in [-0.25, -0.2) is 4.99 Å². The molecular weight excluding hydrogens is 375 g/mol. The predicted molar refractivity (Wildman–Crippen MR) is 98.7 cm³/mol. The van der Waals surface area contributed by atoms with Crippen LogP contribution >= 0.6 is 24.0 Å². The molecule has 0 saturated carbocycles. The van der Waals surface area contributed by atoms with E-state index in [4.69, 9.17) is 5.73 Å².